The summed E-state index contributed by atoms with van der Waals surface area (Å²) in [6.07, 6.45) is 2.89. The van der Waals surface area contributed by atoms with Crippen LogP contribution in [-0.4, -0.2) is 48.2 Å². The molecule has 192 valence electrons. The third-order valence-corrected chi connectivity index (χ3v) is 7.01. The van der Waals surface area contributed by atoms with Gasteiger partial charge in [0.2, 0.25) is 5.91 Å². The van der Waals surface area contributed by atoms with E-state index in [0.717, 1.165) is 35.1 Å². The summed E-state index contributed by atoms with van der Waals surface area (Å²) >= 11 is 0. The number of para-hydroxylation sites is 1. The molecule has 1 saturated heterocycles. The number of rotatable bonds is 5. The molecule has 2 aliphatic heterocycles. The highest BCUT2D eigenvalue weighted by molar-refractivity contribution is 6.06. The smallest absolute Gasteiger partial charge is 0.252 e. The molecule has 2 aromatic carbocycles. The summed E-state index contributed by atoms with van der Waals surface area (Å²) < 4.78 is 5.63. The van der Waals surface area contributed by atoms with Crippen LogP contribution < -0.4 is 10.2 Å². The van der Waals surface area contributed by atoms with Gasteiger partial charge < -0.3 is 19.5 Å². The summed E-state index contributed by atoms with van der Waals surface area (Å²) in [7, 11) is 0. The number of benzene rings is 2. The van der Waals surface area contributed by atoms with Crippen LogP contribution in [0.4, 0.5) is 11.4 Å². The van der Waals surface area contributed by atoms with Crippen LogP contribution in [0.3, 0.4) is 0 Å². The summed E-state index contributed by atoms with van der Waals surface area (Å²) in [4.78, 5) is 34.9. The van der Waals surface area contributed by atoms with Crippen LogP contribution in [0.5, 0.6) is 0 Å². The SMILES string of the molecule is Cc1cc2cc(NC(=NC3CCc4ccccc4N(CC(=O)N4CCCC4)C3=O)C(C#N)C#N)ccc2o1. The summed E-state index contributed by atoms with van der Waals surface area (Å²) in [5.41, 5.74) is 3.01. The minimum atomic E-state index is -1.20. The molecule has 0 saturated carbocycles. The zero-order valence-electron chi connectivity index (χ0n) is 21.2. The van der Waals surface area contributed by atoms with Gasteiger partial charge in [-0.2, -0.15) is 10.5 Å². The molecule has 9 heteroatoms. The summed E-state index contributed by atoms with van der Waals surface area (Å²) in [6, 6.07) is 18.0. The Morgan fingerprint density at radius 2 is 1.92 bits per heavy atom. The Labute approximate surface area is 221 Å². The molecule has 0 spiro atoms. The lowest BCUT2D eigenvalue weighted by Crippen LogP contribution is -2.45. The zero-order chi connectivity index (χ0) is 26.6. The lowest BCUT2D eigenvalue weighted by Gasteiger charge is -2.27. The second kappa shape index (κ2) is 10.8. The molecule has 38 heavy (non-hydrogen) atoms. The maximum atomic E-state index is 13.9. The number of furan rings is 1. The Morgan fingerprint density at radius 1 is 1.16 bits per heavy atom. The van der Waals surface area contributed by atoms with Crippen LogP contribution in [0.25, 0.3) is 11.0 Å². The fraction of sp³-hybridized carbons (Fsp3) is 0.345. The van der Waals surface area contributed by atoms with Gasteiger partial charge in [-0.1, -0.05) is 18.2 Å². The van der Waals surface area contributed by atoms with E-state index in [2.05, 4.69) is 10.3 Å². The maximum absolute atomic E-state index is 13.9. The molecular weight excluding hydrogens is 480 g/mol. The Balaban J connectivity index is 1.48. The predicted molar refractivity (Wildman–Crippen MR) is 143 cm³/mol. The average molecular weight is 509 g/mol. The van der Waals surface area contributed by atoms with Crippen molar-refractivity contribution in [2.45, 2.75) is 38.6 Å². The van der Waals surface area contributed by atoms with Crippen molar-refractivity contribution in [3.8, 4) is 12.1 Å². The number of hydrogen-bond acceptors (Lipinski definition) is 6. The van der Waals surface area contributed by atoms with Gasteiger partial charge in [0.15, 0.2) is 5.92 Å². The van der Waals surface area contributed by atoms with Crippen molar-refractivity contribution in [2.24, 2.45) is 10.9 Å². The van der Waals surface area contributed by atoms with Crippen molar-refractivity contribution >= 4 is 40.0 Å². The molecule has 2 amide bonds. The van der Waals surface area contributed by atoms with Crippen molar-refractivity contribution in [3.63, 3.8) is 0 Å². The van der Waals surface area contributed by atoms with Crippen LogP contribution in [0, 0.1) is 35.5 Å². The Morgan fingerprint density at radius 3 is 2.68 bits per heavy atom. The van der Waals surface area contributed by atoms with Crippen LogP contribution in [-0.2, 0) is 16.0 Å². The van der Waals surface area contributed by atoms with E-state index in [4.69, 9.17) is 4.42 Å². The van der Waals surface area contributed by atoms with E-state index in [1.165, 1.54) is 4.90 Å². The van der Waals surface area contributed by atoms with Crippen LogP contribution >= 0.6 is 0 Å². The number of fused-ring (bicyclic) bond motifs is 2. The summed E-state index contributed by atoms with van der Waals surface area (Å²) in [5.74, 6) is -0.744. The van der Waals surface area contributed by atoms with E-state index >= 15 is 0 Å². The monoisotopic (exact) mass is 508 g/mol. The van der Waals surface area contributed by atoms with Crippen molar-refractivity contribution in [3.05, 3.63) is 59.9 Å². The molecule has 1 atom stereocenters. The van der Waals surface area contributed by atoms with Gasteiger partial charge in [0, 0.05) is 29.9 Å². The van der Waals surface area contributed by atoms with Gasteiger partial charge in [-0.3, -0.25) is 14.6 Å². The highest BCUT2D eigenvalue weighted by Gasteiger charge is 2.34. The number of hydrogen-bond donors (Lipinski definition) is 1. The first-order valence-corrected chi connectivity index (χ1v) is 12.8. The predicted octanol–water partition coefficient (Wildman–Crippen LogP) is 4.19. The molecule has 1 fully saturated rings. The molecule has 0 radical (unpaired) electrons. The number of nitriles is 2. The molecule has 1 aromatic heterocycles. The number of carbonyl (C=O) groups is 2. The number of amides is 2. The van der Waals surface area contributed by atoms with Gasteiger partial charge in [0.25, 0.3) is 5.91 Å². The number of nitrogens with zero attached hydrogens (tertiary/aromatic N) is 5. The third kappa shape index (κ3) is 5.09. The first-order valence-electron chi connectivity index (χ1n) is 12.8. The minimum absolute atomic E-state index is 0.0684. The molecule has 2 aliphatic rings. The largest absolute Gasteiger partial charge is 0.461 e. The van der Waals surface area contributed by atoms with E-state index in [0.29, 0.717) is 37.3 Å². The van der Waals surface area contributed by atoms with Gasteiger partial charge >= 0.3 is 0 Å². The first-order chi connectivity index (χ1) is 18.5. The van der Waals surface area contributed by atoms with Crippen molar-refractivity contribution in [1.82, 2.24) is 4.90 Å². The number of nitrogens with one attached hydrogen (secondary N) is 1. The van der Waals surface area contributed by atoms with Crippen molar-refractivity contribution in [1.29, 1.82) is 10.5 Å². The number of likely N-dealkylation sites (tertiary alicyclic amines) is 1. The van der Waals surface area contributed by atoms with Crippen molar-refractivity contribution < 1.29 is 14.0 Å². The number of anilines is 2. The number of carbonyl (C=O) groups excluding carboxylic acids is 2. The van der Waals surface area contributed by atoms with Crippen LogP contribution in [0.2, 0.25) is 0 Å². The number of amidine groups is 1. The summed E-state index contributed by atoms with van der Waals surface area (Å²) in [5, 5.41) is 23.3. The normalized spacial score (nSPS) is 17.7. The standard InChI is InChI=1S/C29H28N6O3/c1-19-14-21-15-23(9-11-26(21)38-19)32-28(22(16-30)17-31)33-24-10-8-20-6-2-3-7-25(20)35(29(24)37)18-27(36)34-12-4-5-13-34/h2-3,6-7,9,11,14-15,22,24H,4-5,8,10,12-13,18H2,1H3,(H,32,33). The van der Waals surface area contributed by atoms with Gasteiger partial charge in [-0.05, 0) is 68.5 Å². The second-order valence-corrected chi connectivity index (χ2v) is 9.64. The molecule has 1 unspecified atom stereocenters. The van der Waals surface area contributed by atoms with E-state index in [1.807, 2.05) is 55.5 Å². The quantitative estimate of drug-likeness (QED) is 0.407. The summed E-state index contributed by atoms with van der Waals surface area (Å²) in [6.45, 7) is 3.19. The third-order valence-electron chi connectivity index (χ3n) is 7.01. The van der Waals surface area contributed by atoms with Gasteiger partial charge in [0.1, 0.15) is 29.8 Å². The van der Waals surface area contributed by atoms with Crippen LogP contribution in [0.15, 0.2) is 57.9 Å². The lowest BCUT2D eigenvalue weighted by molar-refractivity contribution is -0.130. The van der Waals surface area contributed by atoms with Crippen molar-refractivity contribution in [2.75, 3.05) is 29.9 Å². The Hall–Kier alpha value is -4.63. The molecule has 3 heterocycles. The molecule has 5 rings (SSSR count). The Bertz CT molecular complexity index is 1470. The van der Waals surface area contributed by atoms with Gasteiger partial charge in [0.05, 0.1) is 12.1 Å². The molecular formula is C29H28N6O3. The molecule has 1 N–H and O–H groups in total. The molecule has 9 nitrogen and oxygen atoms in total. The fourth-order valence-electron chi connectivity index (χ4n) is 5.08. The minimum Gasteiger partial charge on any atom is -0.461 e. The van der Waals surface area contributed by atoms with E-state index in [9.17, 15) is 20.1 Å². The van der Waals surface area contributed by atoms with Crippen LogP contribution in [0.1, 0.15) is 30.6 Å². The molecule has 0 aliphatic carbocycles. The molecule has 3 aromatic rings. The zero-order valence-corrected chi connectivity index (χ0v) is 21.2. The first kappa shape index (κ1) is 25.0. The highest BCUT2D eigenvalue weighted by atomic mass is 16.3. The molecule has 0 bridgehead atoms. The van der Waals surface area contributed by atoms with E-state index < -0.39 is 12.0 Å². The topological polar surface area (TPSA) is 126 Å². The number of aryl methyl sites for hydroxylation is 2. The maximum Gasteiger partial charge on any atom is 0.252 e. The fourth-order valence-corrected chi connectivity index (χ4v) is 5.08. The van der Waals surface area contributed by atoms with Gasteiger partial charge in [-0.15, -0.1) is 0 Å². The van der Waals surface area contributed by atoms with Gasteiger partial charge in [-0.25, -0.2) is 0 Å². The average Bonchev–Trinajstić information content (AvgIpc) is 3.56. The highest BCUT2D eigenvalue weighted by Crippen LogP contribution is 2.29. The lowest BCUT2D eigenvalue weighted by atomic mass is 10.1. The Kier molecular flexibility index (Phi) is 7.10. The van der Waals surface area contributed by atoms with E-state index in [1.54, 1.807) is 17.0 Å². The number of aliphatic imine (C=N–C) groups is 1. The second-order valence-electron chi connectivity index (χ2n) is 9.64. The van der Waals surface area contributed by atoms with E-state index in [-0.39, 0.29) is 24.2 Å².